The zero-order chi connectivity index (χ0) is 13.0. The summed E-state index contributed by atoms with van der Waals surface area (Å²) in [5.74, 6) is 0.802. The number of carbonyl (C=O) groups excluding carboxylic acids is 1. The van der Waals surface area contributed by atoms with Gasteiger partial charge in [-0.1, -0.05) is 12.8 Å². The van der Waals surface area contributed by atoms with Crippen LogP contribution in [0.1, 0.15) is 45.4 Å². The Morgan fingerprint density at radius 2 is 2.00 bits per heavy atom. The fourth-order valence-electron chi connectivity index (χ4n) is 3.22. The number of hydrogen-bond acceptors (Lipinski definition) is 3. The van der Waals surface area contributed by atoms with Crippen molar-refractivity contribution in [3.8, 4) is 0 Å². The molecule has 1 amide bonds. The second-order valence-electron chi connectivity index (χ2n) is 5.90. The number of hydrogen-bond donors (Lipinski definition) is 2. The van der Waals surface area contributed by atoms with Gasteiger partial charge in [0.2, 0.25) is 5.91 Å². The van der Waals surface area contributed by atoms with Crippen LogP contribution in [0.3, 0.4) is 0 Å². The van der Waals surface area contributed by atoms with Gasteiger partial charge in [-0.25, -0.2) is 0 Å². The number of rotatable bonds is 4. The maximum absolute atomic E-state index is 12.5. The van der Waals surface area contributed by atoms with Gasteiger partial charge in [0.15, 0.2) is 0 Å². The van der Waals surface area contributed by atoms with Gasteiger partial charge in [0.25, 0.3) is 0 Å². The van der Waals surface area contributed by atoms with E-state index in [1.54, 1.807) is 0 Å². The first-order chi connectivity index (χ1) is 8.68. The van der Waals surface area contributed by atoms with Gasteiger partial charge in [0.1, 0.15) is 0 Å². The number of carbonyl (C=O) groups is 1. The van der Waals surface area contributed by atoms with Gasteiger partial charge in [-0.15, -0.1) is 0 Å². The molecule has 4 heteroatoms. The Morgan fingerprint density at radius 1 is 1.39 bits per heavy atom. The Hall–Kier alpha value is -0.610. The Morgan fingerprint density at radius 3 is 2.56 bits per heavy atom. The van der Waals surface area contributed by atoms with Gasteiger partial charge in [-0.05, 0) is 38.5 Å². The van der Waals surface area contributed by atoms with Crippen LogP contribution < -0.4 is 11.1 Å². The van der Waals surface area contributed by atoms with Crippen molar-refractivity contribution in [2.24, 2.45) is 17.1 Å². The summed E-state index contributed by atoms with van der Waals surface area (Å²) in [6.07, 6.45) is 6.63. The van der Waals surface area contributed by atoms with E-state index in [4.69, 9.17) is 10.5 Å². The lowest BCUT2D eigenvalue weighted by molar-refractivity contribution is -0.136. The van der Waals surface area contributed by atoms with Gasteiger partial charge in [0, 0.05) is 25.8 Å². The predicted octanol–water partition coefficient (Wildman–Crippen LogP) is 1.44. The second kappa shape index (κ2) is 6.02. The van der Waals surface area contributed by atoms with Crippen molar-refractivity contribution in [3.05, 3.63) is 0 Å². The van der Waals surface area contributed by atoms with E-state index in [0.29, 0.717) is 25.7 Å². The van der Waals surface area contributed by atoms with Gasteiger partial charge >= 0.3 is 0 Å². The number of amides is 1. The quantitative estimate of drug-likeness (QED) is 0.798. The smallest absolute Gasteiger partial charge is 0.227 e. The summed E-state index contributed by atoms with van der Waals surface area (Å²) in [4.78, 5) is 12.5. The van der Waals surface area contributed by atoms with Crippen LogP contribution in [-0.2, 0) is 9.53 Å². The molecule has 3 N–H and O–H groups in total. The van der Waals surface area contributed by atoms with E-state index in [-0.39, 0.29) is 17.4 Å². The van der Waals surface area contributed by atoms with Crippen LogP contribution in [0.15, 0.2) is 0 Å². The van der Waals surface area contributed by atoms with Crippen LogP contribution in [0.5, 0.6) is 0 Å². The predicted molar refractivity (Wildman–Crippen MR) is 71.1 cm³/mol. The summed E-state index contributed by atoms with van der Waals surface area (Å²) in [7, 11) is 0. The van der Waals surface area contributed by atoms with E-state index < -0.39 is 0 Å². The molecule has 0 aromatic carbocycles. The lowest BCUT2D eigenvalue weighted by Crippen LogP contribution is -2.52. The minimum Gasteiger partial charge on any atom is -0.381 e. The molecule has 18 heavy (non-hydrogen) atoms. The summed E-state index contributed by atoms with van der Waals surface area (Å²) in [6.45, 7) is 3.88. The summed E-state index contributed by atoms with van der Waals surface area (Å²) in [5, 5.41) is 3.21. The molecule has 1 heterocycles. The first-order valence-electron chi connectivity index (χ1n) is 7.27. The molecule has 1 saturated heterocycles. The van der Waals surface area contributed by atoms with E-state index in [1.807, 2.05) is 0 Å². The van der Waals surface area contributed by atoms with Crippen LogP contribution in [0.4, 0.5) is 0 Å². The maximum atomic E-state index is 12.5. The third-order valence-electron chi connectivity index (χ3n) is 4.79. The van der Waals surface area contributed by atoms with Gasteiger partial charge in [-0.2, -0.15) is 0 Å². The van der Waals surface area contributed by atoms with Crippen LogP contribution in [0.25, 0.3) is 0 Å². The molecule has 1 aliphatic carbocycles. The zero-order valence-electron chi connectivity index (χ0n) is 11.4. The van der Waals surface area contributed by atoms with Gasteiger partial charge in [0.05, 0.1) is 5.41 Å². The van der Waals surface area contributed by atoms with Gasteiger partial charge in [-0.3, -0.25) is 4.79 Å². The average Bonchev–Trinajstić information content (AvgIpc) is 2.93. The van der Waals surface area contributed by atoms with Crippen LogP contribution in [0.2, 0.25) is 0 Å². The number of nitrogens with one attached hydrogen (secondary N) is 1. The summed E-state index contributed by atoms with van der Waals surface area (Å²) < 4.78 is 5.35. The van der Waals surface area contributed by atoms with Crippen molar-refractivity contribution in [2.75, 3.05) is 19.8 Å². The minimum atomic E-state index is -0.384. The standard InChI is InChI=1S/C14H26N2O2/c1-11(12-4-2-3-5-12)16-13(17)14(10-15)6-8-18-9-7-14/h11-12H,2-10,15H2,1H3,(H,16,17)/t11-/m0/s1. The molecule has 1 saturated carbocycles. The third-order valence-corrected chi connectivity index (χ3v) is 4.79. The molecule has 0 aromatic heterocycles. The first-order valence-corrected chi connectivity index (χ1v) is 7.27. The monoisotopic (exact) mass is 254 g/mol. The maximum Gasteiger partial charge on any atom is 0.227 e. The fourth-order valence-corrected chi connectivity index (χ4v) is 3.22. The number of ether oxygens (including phenoxy) is 1. The van der Waals surface area contributed by atoms with E-state index in [1.165, 1.54) is 25.7 Å². The molecule has 0 bridgehead atoms. The number of nitrogens with two attached hydrogens (primary N) is 1. The highest BCUT2D eigenvalue weighted by molar-refractivity contribution is 5.83. The first kappa shape index (κ1) is 13.8. The molecule has 0 radical (unpaired) electrons. The van der Waals surface area contributed by atoms with Crippen LogP contribution in [-0.4, -0.2) is 31.7 Å². The Kier molecular flexibility index (Phi) is 4.62. The lowest BCUT2D eigenvalue weighted by atomic mass is 9.79. The minimum absolute atomic E-state index is 0.146. The summed E-state index contributed by atoms with van der Waals surface area (Å²) in [6, 6.07) is 0.284. The molecular weight excluding hydrogens is 228 g/mol. The van der Waals surface area contributed by atoms with Crippen LogP contribution >= 0.6 is 0 Å². The van der Waals surface area contributed by atoms with E-state index in [2.05, 4.69) is 12.2 Å². The van der Waals surface area contributed by atoms with Crippen molar-refractivity contribution in [2.45, 2.75) is 51.5 Å². The molecule has 0 unspecified atom stereocenters. The van der Waals surface area contributed by atoms with Crippen LogP contribution in [0, 0.1) is 11.3 Å². The molecule has 2 rings (SSSR count). The lowest BCUT2D eigenvalue weighted by Gasteiger charge is -2.36. The average molecular weight is 254 g/mol. The Labute approximate surface area is 110 Å². The van der Waals surface area contributed by atoms with E-state index in [9.17, 15) is 4.79 Å². The van der Waals surface area contributed by atoms with E-state index >= 15 is 0 Å². The molecule has 1 aliphatic heterocycles. The highest BCUT2D eigenvalue weighted by Crippen LogP contribution is 2.31. The molecule has 4 nitrogen and oxygen atoms in total. The Balaban J connectivity index is 1.92. The fraction of sp³-hybridized carbons (Fsp3) is 0.929. The normalized spacial score (nSPS) is 25.9. The second-order valence-corrected chi connectivity index (χ2v) is 5.90. The molecule has 104 valence electrons. The highest BCUT2D eigenvalue weighted by Gasteiger charge is 2.39. The molecule has 1 atom stereocenters. The molecule has 2 aliphatic rings. The molecular formula is C14H26N2O2. The van der Waals surface area contributed by atoms with Crippen molar-refractivity contribution >= 4 is 5.91 Å². The SMILES string of the molecule is C[C@H](NC(=O)C1(CN)CCOCC1)C1CCCC1. The summed E-state index contributed by atoms with van der Waals surface area (Å²) >= 11 is 0. The Bertz CT molecular complexity index is 282. The summed E-state index contributed by atoms with van der Waals surface area (Å²) in [5.41, 5.74) is 5.47. The molecule has 0 aromatic rings. The van der Waals surface area contributed by atoms with Crippen molar-refractivity contribution < 1.29 is 9.53 Å². The molecule has 2 fully saturated rings. The van der Waals surface area contributed by atoms with Gasteiger partial charge < -0.3 is 15.8 Å². The topological polar surface area (TPSA) is 64.4 Å². The third kappa shape index (κ3) is 2.86. The highest BCUT2D eigenvalue weighted by atomic mass is 16.5. The van der Waals surface area contributed by atoms with Crippen molar-refractivity contribution in [3.63, 3.8) is 0 Å². The molecule has 0 spiro atoms. The van der Waals surface area contributed by atoms with Crippen molar-refractivity contribution in [1.82, 2.24) is 5.32 Å². The largest absolute Gasteiger partial charge is 0.381 e. The van der Waals surface area contributed by atoms with Crippen molar-refractivity contribution in [1.29, 1.82) is 0 Å². The zero-order valence-corrected chi connectivity index (χ0v) is 11.4. The van der Waals surface area contributed by atoms with E-state index in [0.717, 1.165) is 12.8 Å².